The SMILES string of the molecule is C1=Cc2c3ccccc3n3c2c(cc2ccccc23)C1. The molecule has 4 aromatic rings. The van der Waals surface area contributed by atoms with Crippen molar-refractivity contribution in [2.24, 2.45) is 0 Å². The normalized spacial score (nSPS) is 13.6. The van der Waals surface area contributed by atoms with Gasteiger partial charge in [-0.25, -0.2) is 0 Å². The van der Waals surface area contributed by atoms with Gasteiger partial charge < -0.3 is 4.40 Å². The van der Waals surface area contributed by atoms with Crippen LogP contribution in [0.5, 0.6) is 0 Å². The second-order valence-corrected chi connectivity index (χ2v) is 5.45. The Morgan fingerprint density at radius 3 is 2.60 bits per heavy atom. The summed E-state index contributed by atoms with van der Waals surface area (Å²) in [6.45, 7) is 0. The van der Waals surface area contributed by atoms with Gasteiger partial charge in [0.1, 0.15) is 0 Å². The number of benzene rings is 2. The van der Waals surface area contributed by atoms with E-state index in [1.165, 1.54) is 38.4 Å². The molecule has 5 rings (SSSR count). The highest BCUT2D eigenvalue weighted by molar-refractivity contribution is 6.04. The predicted octanol–water partition coefficient (Wildman–Crippen LogP) is 4.82. The molecule has 1 nitrogen and oxygen atoms in total. The molecule has 0 aliphatic heterocycles. The molecule has 1 heteroatoms. The van der Waals surface area contributed by atoms with Gasteiger partial charge in [0.05, 0.1) is 16.6 Å². The molecule has 0 amide bonds. The topological polar surface area (TPSA) is 4.41 Å². The van der Waals surface area contributed by atoms with Gasteiger partial charge in [0, 0.05) is 10.9 Å². The minimum absolute atomic E-state index is 1.03. The molecule has 0 fully saturated rings. The zero-order valence-electron chi connectivity index (χ0n) is 11.0. The minimum atomic E-state index is 1.03. The van der Waals surface area contributed by atoms with Gasteiger partial charge in [-0.3, -0.25) is 0 Å². The van der Waals surface area contributed by atoms with Crippen molar-refractivity contribution < 1.29 is 0 Å². The molecule has 0 saturated carbocycles. The second-order valence-electron chi connectivity index (χ2n) is 5.45. The van der Waals surface area contributed by atoms with Gasteiger partial charge in [-0.1, -0.05) is 48.6 Å². The van der Waals surface area contributed by atoms with Crippen LogP contribution in [0.25, 0.3) is 33.4 Å². The average Bonchev–Trinajstić information content (AvgIpc) is 2.85. The van der Waals surface area contributed by atoms with Gasteiger partial charge in [-0.15, -0.1) is 0 Å². The number of fused-ring (bicyclic) bond motifs is 5. The molecule has 2 aromatic carbocycles. The first kappa shape index (κ1) is 10.3. The highest BCUT2D eigenvalue weighted by Crippen LogP contribution is 2.36. The Labute approximate surface area is 116 Å². The second kappa shape index (κ2) is 3.51. The van der Waals surface area contributed by atoms with Gasteiger partial charge in [-0.2, -0.15) is 0 Å². The molecular formula is C19H13N. The lowest BCUT2D eigenvalue weighted by Gasteiger charge is -2.12. The first-order valence-corrected chi connectivity index (χ1v) is 7.04. The van der Waals surface area contributed by atoms with Crippen molar-refractivity contribution in [1.82, 2.24) is 4.40 Å². The standard InChI is InChI=1S/C19H13N/c1-3-10-17-13(6-1)12-14-7-5-9-16-15-8-2-4-11-18(15)20(17)19(14)16/h1-6,8-12H,7H2. The zero-order chi connectivity index (χ0) is 13.1. The molecule has 0 saturated heterocycles. The summed E-state index contributed by atoms with van der Waals surface area (Å²) in [4.78, 5) is 0. The van der Waals surface area contributed by atoms with Crippen LogP contribution in [0.4, 0.5) is 0 Å². The van der Waals surface area contributed by atoms with Gasteiger partial charge in [0.2, 0.25) is 0 Å². The molecular weight excluding hydrogens is 242 g/mol. The van der Waals surface area contributed by atoms with Crippen LogP contribution in [0.1, 0.15) is 11.1 Å². The fourth-order valence-electron chi connectivity index (χ4n) is 3.53. The average molecular weight is 255 g/mol. The van der Waals surface area contributed by atoms with Crippen LogP contribution in [0, 0.1) is 0 Å². The van der Waals surface area contributed by atoms with Gasteiger partial charge >= 0.3 is 0 Å². The largest absolute Gasteiger partial charge is 0.308 e. The summed E-state index contributed by atoms with van der Waals surface area (Å²) < 4.78 is 2.43. The fraction of sp³-hybridized carbons (Fsp3) is 0.0526. The van der Waals surface area contributed by atoms with E-state index in [0.717, 1.165) is 6.42 Å². The molecule has 2 heterocycles. The van der Waals surface area contributed by atoms with Crippen LogP contribution in [-0.4, -0.2) is 4.40 Å². The first-order valence-electron chi connectivity index (χ1n) is 7.04. The van der Waals surface area contributed by atoms with E-state index in [2.05, 4.69) is 71.2 Å². The van der Waals surface area contributed by atoms with E-state index in [9.17, 15) is 0 Å². The lowest BCUT2D eigenvalue weighted by Crippen LogP contribution is -1.96. The molecule has 0 N–H and O–H groups in total. The van der Waals surface area contributed by atoms with E-state index in [1.807, 2.05) is 0 Å². The molecule has 20 heavy (non-hydrogen) atoms. The van der Waals surface area contributed by atoms with Crippen molar-refractivity contribution in [2.75, 3.05) is 0 Å². The Kier molecular flexibility index (Phi) is 1.80. The first-order chi connectivity index (χ1) is 9.93. The number of rotatable bonds is 0. The summed E-state index contributed by atoms with van der Waals surface area (Å²) in [5.41, 5.74) is 6.78. The smallest absolute Gasteiger partial charge is 0.0576 e. The molecule has 1 aliphatic carbocycles. The maximum absolute atomic E-state index is 2.43. The van der Waals surface area contributed by atoms with Gasteiger partial charge in [0.15, 0.2) is 0 Å². The number of hydrogen-bond acceptors (Lipinski definition) is 0. The van der Waals surface area contributed by atoms with Crippen molar-refractivity contribution in [3.63, 3.8) is 0 Å². The van der Waals surface area contributed by atoms with Crippen LogP contribution in [0.15, 0.2) is 60.7 Å². The van der Waals surface area contributed by atoms with Crippen LogP contribution in [0.3, 0.4) is 0 Å². The molecule has 0 radical (unpaired) electrons. The molecule has 0 spiro atoms. The van der Waals surface area contributed by atoms with E-state index in [4.69, 9.17) is 0 Å². The number of aromatic nitrogens is 1. The third-order valence-corrected chi connectivity index (χ3v) is 4.35. The summed E-state index contributed by atoms with van der Waals surface area (Å²) in [7, 11) is 0. The van der Waals surface area contributed by atoms with Gasteiger partial charge in [-0.05, 0) is 35.6 Å². The van der Waals surface area contributed by atoms with Crippen molar-refractivity contribution >= 4 is 33.4 Å². The number of allylic oxidation sites excluding steroid dienone is 1. The summed E-state index contributed by atoms with van der Waals surface area (Å²) >= 11 is 0. The quantitative estimate of drug-likeness (QED) is 0.424. The third kappa shape index (κ3) is 1.13. The number of para-hydroxylation sites is 2. The Bertz CT molecular complexity index is 1020. The predicted molar refractivity (Wildman–Crippen MR) is 85.1 cm³/mol. The molecule has 94 valence electrons. The van der Waals surface area contributed by atoms with Crippen LogP contribution in [0.2, 0.25) is 0 Å². The van der Waals surface area contributed by atoms with E-state index in [-0.39, 0.29) is 0 Å². The van der Waals surface area contributed by atoms with Crippen LogP contribution < -0.4 is 0 Å². The van der Waals surface area contributed by atoms with Crippen molar-refractivity contribution in [3.05, 3.63) is 71.8 Å². The van der Waals surface area contributed by atoms with Crippen LogP contribution >= 0.6 is 0 Å². The maximum atomic E-state index is 2.43. The van der Waals surface area contributed by atoms with E-state index >= 15 is 0 Å². The Hall–Kier alpha value is -2.54. The van der Waals surface area contributed by atoms with E-state index < -0.39 is 0 Å². The lowest BCUT2D eigenvalue weighted by atomic mass is 9.99. The molecule has 0 unspecified atom stereocenters. The van der Waals surface area contributed by atoms with E-state index in [1.54, 1.807) is 0 Å². The van der Waals surface area contributed by atoms with Gasteiger partial charge in [0.25, 0.3) is 0 Å². The molecule has 2 aromatic heterocycles. The van der Waals surface area contributed by atoms with Crippen LogP contribution in [-0.2, 0) is 6.42 Å². The molecule has 0 atom stereocenters. The zero-order valence-corrected chi connectivity index (χ0v) is 11.0. The molecule has 1 aliphatic rings. The Balaban J connectivity index is 2.22. The summed E-state index contributed by atoms with van der Waals surface area (Å²) in [5.74, 6) is 0. The lowest BCUT2D eigenvalue weighted by molar-refractivity contribution is 1.22. The minimum Gasteiger partial charge on any atom is -0.308 e. The summed E-state index contributed by atoms with van der Waals surface area (Å²) in [6.07, 6.45) is 5.58. The molecule has 0 bridgehead atoms. The Morgan fingerprint density at radius 1 is 0.850 bits per heavy atom. The summed E-state index contributed by atoms with van der Waals surface area (Å²) in [5, 5.41) is 2.67. The number of hydrogen-bond donors (Lipinski definition) is 0. The van der Waals surface area contributed by atoms with Crippen molar-refractivity contribution in [1.29, 1.82) is 0 Å². The maximum Gasteiger partial charge on any atom is 0.0576 e. The van der Waals surface area contributed by atoms with Crippen molar-refractivity contribution in [2.45, 2.75) is 6.42 Å². The highest BCUT2D eigenvalue weighted by Gasteiger charge is 2.17. The third-order valence-electron chi connectivity index (χ3n) is 4.35. The van der Waals surface area contributed by atoms with E-state index in [0.29, 0.717) is 0 Å². The highest BCUT2D eigenvalue weighted by atomic mass is 14.9. The van der Waals surface area contributed by atoms with Crippen molar-refractivity contribution in [3.8, 4) is 0 Å². The number of nitrogens with zero attached hydrogens (tertiary/aromatic N) is 1. The Morgan fingerprint density at radius 2 is 1.65 bits per heavy atom. The number of pyridine rings is 1. The monoisotopic (exact) mass is 255 g/mol. The summed E-state index contributed by atoms with van der Waals surface area (Å²) in [6, 6.07) is 19.7. The fourth-order valence-corrected chi connectivity index (χ4v) is 3.53.